The fourth-order valence-corrected chi connectivity index (χ4v) is 1.86. The van der Waals surface area contributed by atoms with Crippen molar-refractivity contribution < 1.29 is 4.79 Å². The number of nitrogens with zero attached hydrogens (tertiary/aromatic N) is 4. The zero-order valence-corrected chi connectivity index (χ0v) is 9.89. The largest absolute Gasteiger partial charge is 0.342 e. The van der Waals surface area contributed by atoms with Crippen LogP contribution in [0.25, 0.3) is 10.4 Å². The van der Waals surface area contributed by atoms with Crippen LogP contribution in [-0.4, -0.2) is 37.0 Å². The second kappa shape index (κ2) is 5.18. The van der Waals surface area contributed by atoms with Crippen molar-refractivity contribution in [3.05, 3.63) is 10.4 Å². The molecule has 0 radical (unpaired) electrons. The second-order valence-electron chi connectivity index (χ2n) is 5.13. The van der Waals surface area contributed by atoms with E-state index < -0.39 is 0 Å². The minimum atomic E-state index is -0.0525. The quantitative estimate of drug-likeness (QED) is 0.431. The number of azide groups is 1. The fraction of sp³-hybridized carbons (Fsp3) is 0.900. The highest BCUT2D eigenvalue weighted by Gasteiger charge is 2.32. The topological polar surface area (TPSA) is 95.1 Å². The molecule has 1 saturated heterocycles. The fourth-order valence-electron chi connectivity index (χ4n) is 1.86. The van der Waals surface area contributed by atoms with E-state index in [1.54, 1.807) is 0 Å². The van der Waals surface area contributed by atoms with Crippen LogP contribution in [-0.2, 0) is 4.79 Å². The van der Waals surface area contributed by atoms with E-state index in [0.717, 1.165) is 0 Å². The summed E-state index contributed by atoms with van der Waals surface area (Å²) in [6.07, 6.45) is 0.486. The van der Waals surface area contributed by atoms with E-state index >= 15 is 0 Å². The first-order valence-electron chi connectivity index (χ1n) is 5.47. The second-order valence-corrected chi connectivity index (χ2v) is 5.13. The molecule has 1 aliphatic heterocycles. The summed E-state index contributed by atoms with van der Waals surface area (Å²) in [5, 5.41) is 3.52. The summed E-state index contributed by atoms with van der Waals surface area (Å²) in [7, 11) is 0. The molecule has 6 nitrogen and oxygen atoms in total. The Bertz CT molecular complexity index is 308. The number of hydrogen-bond acceptors (Lipinski definition) is 3. The van der Waals surface area contributed by atoms with Crippen LogP contribution in [0.2, 0.25) is 0 Å². The van der Waals surface area contributed by atoms with Gasteiger partial charge in [-0.3, -0.25) is 4.79 Å². The van der Waals surface area contributed by atoms with Gasteiger partial charge >= 0.3 is 0 Å². The molecule has 0 aliphatic carbocycles. The Morgan fingerprint density at radius 1 is 1.69 bits per heavy atom. The van der Waals surface area contributed by atoms with Crippen LogP contribution >= 0.6 is 0 Å². The van der Waals surface area contributed by atoms with Gasteiger partial charge in [-0.15, -0.1) is 0 Å². The minimum Gasteiger partial charge on any atom is -0.342 e. The molecule has 0 aromatic carbocycles. The summed E-state index contributed by atoms with van der Waals surface area (Å²) in [5.41, 5.74) is 13.8. The summed E-state index contributed by atoms with van der Waals surface area (Å²) >= 11 is 0. The molecule has 1 amide bonds. The highest BCUT2D eigenvalue weighted by Crippen LogP contribution is 2.23. The van der Waals surface area contributed by atoms with E-state index in [1.165, 1.54) is 0 Å². The molecular formula is C10H19N5O. The first-order valence-corrected chi connectivity index (χ1v) is 5.47. The number of hydrogen-bond donors (Lipinski definition) is 1. The van der Waals surface area contributed by atoms with Crippen molar-refractivity contribution in [3.63, 3.8) is 0 Å². The summed E-state index contributed by atoms with van der Waals surface area (Å²) in [6.45, 7) is 6.40. The Kier molecular flexibility index (Phi) is 4.15. The molecule has 0 bridgehead atoms. The van der Waals surface area contributed by atoms with E-state index in [4.69, 9.17) is 11.3 Å². The van der Waals surface area contributed by atoms with Gasteiger partial charge in [-0.1, -0.05) is 19.0 Å². The molecule has 16 heavy (non-hydrogen) atoms. The van der Waals surface area contributed by atoms with Crippen LogP contribution in [0.5, 0.6) is 0 Å². The lowest BCUT2D eigenvalue weighted by atomic mass is 9.93. The van der Waals surface area contributed by atoms with E-state index in [-0.39, 0.29) is 17.2 Å². The van der Waals surface area contributed by atoms with Crippen molar-refractivity contribution in [2.75, 3.05) is 26.2 Å². The van der Waals surface area contributed by atoms with Crippen LogP contribution in [0.3, 0.4) is 0 Å². The van der Waals surface area contributed by atoms with Gasteiger partial charge in [0.05, 0.1) is 0 Å². The van der Waals surface area contributed by atoms with Gasteiger partial charge in [-0.25, -0.2) is 0 Å². The SMILES string of the molecule is CC(C)(CN)CN1CC(CN=[N+]=[N-])CC1=O. The highest BCUT2D eigenvalue weighted by molar-refractivity contribution is 5.78. The van der Waals surface area contributed by atoms with Gasteiger partial charge in [0.1, 0.15) is 0 Å². The van der Waals surface area contributed by atoms with Crippen molar-refractivity contribution in [1.29, 1.82) is 0 Å². The summed E-state index contributed by atoms with van der Waals surface area (Å²) in [6, 6.07) is 0. The lowest BCUT2D eigenvalue weighted by Gasteiger charge is -2.29. The molecule has 0 spiro atoms. The van der Waals surface area contributed by atoms with Gasteiger partial charge in [-0.05, 0) is 23.4 Å². The first-order chi connectivity index (χ1) is 7.48. The third kappa shape index (κ3) is 3.40. The smallest absolute Gasteiger partial charge is 0.222 e. The van der Waals surface area contributed by atoms with Crippen LogP contribution in [0.15, 0.2) is 5.11 Å². The van der Waals surface area contributed by atoms with E-state index in [2.05, 4.69) is 10.0 Å². The van der Waals surface area contributed by atoms with Gasteiger partial charge in [0.15, 0.2) is 0 Å². The van der Waals surface area contributed by atoms with Crippen molar-refractivity contribution in [2.45, 2.75) is 20.3 Å². The summed E-state index contributed by atoms with van der Waals surface area (Å²) in [4.78, 5) is 16.2. The molecule has 1 fully saturated rings. The average Bonchev–Trinajstić information content (AvgIpc) is 2.56. The molecule has 0 aromatic heterocycles. The van der Waals surface area contributed by atoms with E-state index in [0.29, 0.717) is 32.6 Å². The predicted molar refractivity (Wildman–Crippen MR) is 61.5 cm³/mol. The van der Waals surface area contributed by atoms with Crippen molar-refractivity contribution in [2.24, 2.45) is 22.2 Å². The third-order valence-electron chi connectivity index (χ3n) is 2.87. The molecule has 6 heteroatoms. The van der Waals surface area contributed by atoms with Crippen molar-refractivity contribution in [3.8, 4) is 0 Å². The molecule has 1 rings (SSSR count). The number of rotatable bonds is 5. The molecule has 1 atom stereocenters. The summed E-state index contributed by atoms with van der Waals surface area (Å²) in [5.74, 6) is 0.302. The van der Waals surface area contributed by atoms with Gasteiger partial charge < -0.3 is 10.6 Å². The van der Waals surface area contributed by atoms with Crippen LogP contribution < -0.4 is 5.73 Å². The Hall–Kier alpha value is -1.26. The number of amides is 1. The van der Waals surface area contributed by atoms with E-state index in [9.17, 15) is 4.79 Å². The number of carbonyl (C=O) groups is 1. The maximum atomic E-state index is 11.7. The molecule has 2 N–H and O–H groups in total. The van der Waals surface area contributed by atoms with Crippen LogP contribution in [0.4, 0.5) is 0 Å². The zero-order chi connectivity index (χ0) is 12.2. The zero-order valence-electron chi connectivity index (χ0n) is 9.89. The van der Waals surface area contributed by atoms with Crippen molar-refractivity contribution in [1.82, 2.24) is 4.90 Å². The number of likely N-dealkylation sites (tertiary alicyclic amines) is 1. The highest BCUT2D eigenvalue weighted by atomic mass is 16.2. The lowest BCUT2D eigenvalue weighted by molar-refractivity contribution is -0.128. The molecule has 1 heterocycles. The predicted octanol–water partition coefficient (Wildman–Crippen LogP) is 1.13. The molecule has 0 aromatic rings. The third-order valence-corrected chi connectivity index (χ3v) is 2.87. The number of carbonyl (C=O) groups excluding carboxylic acids is 1. The average molecular weight is 225 g/mol. The van der Waals surface area contributed by atoms with Gasteiger partial charge in [0.2, 0.25) is 5.91 Å². The Labute approximate surface area is 95.4 Å². The van der Waals surface area contributed by atoms with Gasteiger partial charge in [0, 0.05) is 31.0 Å². The van der Waals surface area contributed by atoms with Crippen LogP contribution in [0.1, 0.15) is 20.3 Å². The van der Waals surface area contributed by atoms with Crippen LogP contribution in [0, 0.1) is 11.3 Å². The Morgan fingerprint density at radius 2 is 2.38 bits per heavy atom. The molecule has 90 valence electrons. The van der Waals surface area contributed by atoms with Gasteiger partial charge in [-0.2, -0.15) is 0 Å². The Balaban J connectivity index is 2.51. The first kappa shape index (κ1) is 12.8. The lowest BCUT2D eigenvalue weighted by Crippen LogP contribution is -2.39. The number of nitrogens with two attached hydrogens (primary N) is 1. The summed E-state index contributed by atoms with van der Waals surface area (Å²) < 4.78 is 0. The van der Waals surface area contributed by atoms with E-state index in [1.807, 2.05) is 18.7 Å². The molecule has 1 aliphatic rings. The minimum absolute atomic E-state index is 0.0525. The maximum absolute atomic E-state index is 11.7. The standard InChI is InChI=1S/C10H19N5O/c1-10(2,6-11)7-15-5-8(3-9(15)16)4-13-14-12/h8H,3-7,11H2,1-2H3. The maximum Gasteiger partial charge on any atom is 0.222 e. The molecule has 1 unspecified atom stereocenters. The van der Waals surface area contributed by atoms with Gasteiger partial charge in [0.25, 0.3) is 0 Å². The monoisotopic (exact) mass is 225 g/mol. The molecule has 0 saturated carbocycles. The van der Waals surface area contributed by atoms with Crippen molar-refractivity contribution >= 4 is 5.91 Å². The normalized spacial score (nSPS) is 21.1. The Morgan fingerprint density at radius 3 is 2.94 bits per heavy atom. The molecular weight excluding hydrogens is 206 g/mol.